The van der Waals surface area contributed by atoms with E-state index in [0.29, 0.717) is 11.6 Å². The van der Waals surface area contributed by atoms with Gasteiger partial charge in [-0.25, -0.2) is 0 Å². The van der Waals surface area contributed by atoms with E-state index in [4.69, 9.17) is 0 Å². The van der Waals surface area contributed by atoms with Crippen LogP contribution in [0.3, 0.4) is 0 Å². The minimum absolute atomic E-state index is 0.331. The van der Waals surface area contributed by atoms with Gasteiger partial charge in [0.15, 0.2) is 0 Å². The van der Waals surface area contributed by atoms with E-state index in [-0.39, 0.29) is 0 Å². The van der Waals surface area contributed by atoms with Crippen molar-refractivity contribution in [1.82, 2.24) is 19.6 Å². The molecule has 5 aliphatic heterocycles. The van der Waals surface area contributed by atoms with E-state index >= 15 is 0 Å². The molecule has 5 rings (SSSR count). The predicted octanol–water partition coefficient (Wildman–Crippen LogP) is 2.45. The van der Waals surface area contributed by atoms with Gasteiger partial charge in [0, 0.05) is 61.9 Å². The van der Waals surface area contributed by atoms with Crippen LogP contribution in [0.1, 0.15) is 60.3 Å². The van der Waals surface area contributed by atoms with E-state index < -0.39 is 0 Å². The zero-order valence-corrected chi connectivity index (χ0v) is 16.5. The van der Waals surface area contributed by atoms with E-state index in [1.54, 1.807) is 0 Å². The monoisotopic (exact) mass is 334 g/mol. The summed E-state index contributed by atoms with van der Waals surface area (Å²) in [5.41, 5.74) is 0.331. The van der Waals surface area contributed by atoms with Crippen molar-refractivity contribution < 1.29 is 0 Å². The van der Waals surface area contributed by atoms with E-state index in [0.717, 1.165) is 24.2 Å². The number of likely N-dealkylation sites (tertiary alicyclic amines) is 1. The van der Waals surface area contributed by atoms with Gasteiger partial charge in [-0.2, -0.15) is 0 Å². The maximum Gasteiger partial charge on any atom is 0.0516 e. The van der Waals surface area contributed by atoms with Gasteiger partial charge in [-0.3, -0.25) is 19.6 Å². The van der Waals surface area contributed by atoms with Crippen molar-refractivity contribution in [3.05, 3.63) is 0 Å². The summed E-state index contributed by atoms with van der Waals surface area (Å²) in [6.45, 7) is 18.3. The molecule has 138 valence electrons. The Morgan fingerprint density at radius 2 is 1.38 bits per heavy atom. The molecule has 0 spiro atoms. The molecule has 0 amide bonds. The molecule has 0 saturated carbocycles. The fraction of sp³-hybridized carbons (Fsp3) is 1.00. The number of nitrogens with zero attached hydrogens (tertiary/aromatic N) is 4. The predicted molar refractivity (Wildman–Crippen MR) is 100 cm³/mol. The van der Waals surface area contributed by atoms with Crippen molar-refractivity contribution in [1.29, 1.82) is 0 Å². The van der Waals surface area contributed by atoms with Gasteiger partial charge in [0.2, 0.25) is 0 Å². The topological polar surface area (TPSA) is 13.0 Å². The standard InChI is InChI=1S/C20H38N4/c1-15(2)21-10-17-7-8-18(11-21)23(17)14-22-12-19-9-6-16(22)13-24(19)20(3,4)5/h15-19H,6-14H2,1-5H3. The maximum atomic E-state index is 2.88. The van der Waals surface area contributed by atoms with Crippen LogP contribution in [-0.2, 0) is 0 Å². The average Bonchev–Trinajstić information content (AvgIpc) is 2.76. The second-order valence-corrected chi connectivity index (χ2v) is 10.1. The highest BCUT2D eigenvalue weighted by Crippen LogP contribution is 2.36. The molecular weight excluding hydrogens is 296 g/mol. The summed E-state index contributed by atoms with van der Waals surface area (Å²) < 4.78 is 0. The van der Waals surface area contributed by atoms with Gasteiger partial charge in [0.1, 0.15) is 0 Å². The molecule has 5 heterocycles. The number of hydrogen-bond donors (Lipinski definition) is 0. The average molecular weight is 335 g/mol. The van der Waals surface area contributed by atoms with Gasteiger partial charge in [-0.15, -0.1) is 0 Å². The van der Waals surface area contributed by atoms with Crippen molar-refractivity contribution in [3.8, 4) is 0 Å². The minimum Gasteiger partial charge on any atom is -0.298 e. The van der Waals surface area contributed by atoms with Gasteiger partial charge < -0.3 is 0 Å². The van der Waals surface area contributed by atoms with Crippen LogP contribution in [0.25, 0.3) is 0 Å². The zero-order chi connectivity index (χ0) is 17.1. The smallest absolute Gasteiger partial charge is 0.0516 e. The van der Waals surface area contributed by atoms with Crippen LogP contribution < -0.4 is 0 Å². The summed E-state index contributed by atoms with van der Waals surface area (Å²) in [5, 5.41) is 0. The largest absolute Gasteiger partial charge is 0.298 e. The SMILES string of the molecule is CC(C)N1CC2CCC(C1)N2CN1CC2CCC1CN2C(C)(C)C. The highest BCUT2D eigenvalue weighted by atomic mass is 15.4. The Bertz CT molecular complexity index is 443. The van der Waals surface area contributed by atoms with Crippen LogP contribution in [-0.4, -0.2) is 88.2 Å². The van der Waals surface area contributed by atoms with E-state index in [1.807, 2.05) is 0 Å². The number of piperidine rings is 2. The Kier molecular flexibility index (Phi) is 4.48. The van der Waals surface area contributed by atoms with E-state index in [9.17, 15) is 0 Å². The van der Waals surface area contributed by atoms with Crippen molar-refractivity contribution in [3.63, 3.8) is 0 Å². The Morgan fingerprint density at radius 3 is 1.88 bits per heavy atom. The Labute approximate surface area is 149 Å². The molecule has 5 aliphatic rings. The second kappa shape index (κ2) is 6.22. The molecule has 4 nitrogen and oxygen atoms in total. The molecule has 24 heavy (non-hydrogen) atoms. The van der Waals surface area contributed by atoms with Crippen molar-refractivity contribution >= 4 is 0 Å². The summed E-state index contributed by atoms with van der Waals surface area (Å²) in [6, 6.07) is 3.90. The van der Waals surface area contributed by atoms with Crippen LogP contribution in [0.4, 0.5) is 0 Å². The normalized spacial score (nSPS) is 39.2. The molecule has 5 fully saturated rings. The van der Waals surface area contributed by atoms with Gasteiger partial charge in [0.25, 0.3) is 0 Å². The molecule has 4 bridgehead atoms. The first kappa shape index (κ1) is 17.3. The molecule has 4 heteroatoms. The minimum atomic E-state index is 0.331. The number of rotatable bonds is 3. The summed E-state index contributed by atoms with van der Waals surface area (Å²) in [6.07, 6.45) is 5.67. The lowest BCUT2D eigenvalue weighted by molar-refractivity contribution is -0.0935. The molecule has 0 aromatic carbocycles. The lowest BCUT2D eigenvalue weighted by Gasteiger charge is -2.57. The lowest BCUT2D eigenvalue weighted by atomic mass is 9.87. The zero-order valence-electron chi connectivity index (χ0n) is 16.5. The van der Waals surface area contributed by atoms with E-state index in [2.05, 4.69) is 54.2 Å². The summed E-state index contributed by atoms with van der Waals surface area (Å²) in [5.74, 6) is 0. The van der Waals surface area contributed by atoms with Crippen LogP contribution >= 0.6 is 0 Å². The highest BCUT2D eigenvalue weighted by Gasteiger charge is 2.46. The fourth-order valence-corrected chi connectivity index (χ4v) is 5.80. The third kappa shape index (κ3) is 3.04. The molecular formula is C20H38N4. The van der Waals surface area contributed by atoms with Crippen LogP contribution in [0.2, 0.25) is 0 Å². The lowest BCUT2D eigenvalue weighted by Crippen LogP contribution is -2.69. The molecule has 0 aromatic rings. The number of fused-ring (bicyclic) bond motifs is 5. The maximum absolute atomic E-state index is 2.88. The fourth-order valence-electron chi connectivity index (χ4n) is 5.80. The quantitative estimate of drug-likeness (QED) is 0.786. The van der Waals surface area contributed by atoms with E-state index in [1.165, 1.54) is 58.5 Å². The first-order chi connectivity index (χ1) is 11.3. The Hall–Kier alpha value is -0.160. The van der Waals surface area contributed by atoms with Gasteiger partial charge in [-0.1, -0.05) is 0 Å². The third-order valence-corrected chi connectivity index (χ3v) is 7.24. The highest BCUT2D eigenvalue weighted by molar-refractivity contribution is 5.01. The first-order valence-corrected chi connectivity index (χ1v) is 10.3. The molecule has 0 aliphatic carbocycles. The summed E-state index contributed by atoms with van der Waals surface area (Å²) in [7, 11) is 0. The first-order valence-electron chi connectivity index (χ1n) is 10.3. The van der Waals surface area contributed by atoms with Gasteiger partial charge >= 0.3 is 0 Å². The Balaban J connectivity index is 1.39. The number of piperazine rings is 2. The molecule has 0 aromatic heterocycles. The molecule has 0 N–H and O–H groups in total. The molecule has 5 saturated heterocycles. The second-order valence-electron chi connectivity index (χ2n) is 10.1. The summed E-state index contributed by atoms with van der Waals surface area (Å²) >= 11 is 0. The van der Waals surface area contributed by atoms with Crippen LogP contribution in [0.5, 0.6) is 0 Å². The van der Waals surface area contributed by atoms with Crippen LogP contribution in [0, 0.1) is 0 Å². The molecule has 4 unspecified atom stereocenters. The van der Waals surface area contributed by atoms with Crippen molar-refractivity contribution in [2.45, 2.75) is 96.1 Å². The Morgan fingerprint density at radius 1 is 0.792 bits per heavy atom. The summed E-state index contributed by atoms with van der Waals surface area (Å²) in [4.78, 5) is 11.2. The van der Waals surface area contributed by atoms with Crippen molar-refractivity contribution in [2.75, 3.05) is 32.8 Å². The number of hydrogen-bond acceptors (Lipinski definition) is 4. The van der Waals surface area contributed by atoms with Crippen LogP contribution in [0.15, 0.2) is 0 Å². The third-order valence-electron chi connectivity index (χ3n) is 7.24. The van der Waals surface area contributed by atoms with Crippen molar-refractivity contribution in [2.24, 2.45) is 0 Å². The molecule has 4 atom stereocenters. The molecule has 0 radical (unpaired) electrons. The van der Waals surface area contributed by atoms with Gasteiger partial charge in [-0.05, 0) is 60.3 Å². The van der Waals surface area contributed by atoms with Gasteiger partial charge in [0.05, 0.1) is 6.67 Å².